The molecule has 12 heteroatoms. The molecule has 4 rings (SSSR count). The highest BCUT2D eigenvalue weighted by atomic mass is 32.2. The van der Waals surface area contributed by atoms with E-state index in [0.717, 1.165) is 6.26 Å². The van der Waals surface area contributed by atoms with E-state index in [1.807, 2.05) is 0 Å². The van der Waals surface area contributed by atoms with E-state index in [9.17, 15) is 35.6 Å². The van der Waals surface area contributed by atoms with Gasteiger partial charge in [0.1, 0.15) is 0 Å². The van der Waals surface area contributed by atoms with Crippen molar-refractivity contribution in [3.05, 3.63) is 35.4 Å². The highest BCUT2D eigenvalue weighted by molar-refractivity contribution is 7.98. The summed E-state index contributed by atoms with van der Waals surface area (Å²) in [5.41, 5.74) is 0. The Morgan fingerprint density at radius 3 is 1.86 bits per heavy atom. The Hall–Kier alpha value is -1.92. The molecule has 0 aromatic heterocycles. The molecule has 2 amide bonds. The number of fused-ring (bicyclic) bond motifs is 5. The summed E-state index contributed by atoms with van der Waals surface area (Å²) < 4.78 is 85.2. The molecule has 150 valence electrons. The Bertz CT molecular complexity index is 999. The first-order valence-corrected chi connectivity index (χ1v) is 10.6. The van der Waals surface area contributed by atoms with Crippen LogP contribution in [0.2, 0.25) is 0 Å². The van der Waals surface area contributed by atoms with Gasteiger partial charge in [0.25, 0.3) is 11.8 Å². The molecule has 1 heterocycles. The molecule has 0 radical (unpaired) electrons. The Kier molecular flexibility index (Phi) is 4.36. The number of rotatable bonds is 4. The van der Waals surface area contributed by atoms with Gasteiger partial charge in [-0.15, -0.1) is 21.1 Å². The number of benzene rings is 1. The molecule has 1 aromatic carbocycles. The van der Waals surface area contributed by atoms with Gasteiger partial charge in [0.05, 0.1) is 16.7 Å². The van der Waals surface area contributed by atoms with E-state index in [-0.39, 0.29) is 16.9 Å². The molecule has 2 fully saturated rings. The second-order valence-corrected chi connectivity index (χ2v) is 8.90. The van der Waals surface area contributed by atoms with Gasteiger partial charge in [-0.05, 0) is 24.5 Å². The summed E-state index contributed by atoms with van der Waals surface area (Å²) in [6, 6.07) is 0. The van der Waals surface area contributed by atoms with Crippen molar-refractivity contribution in [2.75, 3.05) is 6.26 Å². The molecular formula is C16H11F4NO5S2. The first kappa shape index (κ1) is 19.4. The van der Waals surface area contributed by atoms with Crippen LogP contribution in [0.3, 0.4) is 0 Å². The largest absolute Gasteiger partial charge is 0.324 e. The Morgan fingerprint density at radius 1 is 0.964 bits per heavy atom. The van der Waals surface area contributed by atoms with Crippen molar-refractivity contribution in [2.24, 2.45) is 23.7 Å². The second kappa shape index (κ2) is 6.29. The predicted octanol–water partition coefficient (Wildman–Crippen LogP) is 2.39. The van der Waals surface area contributed by atoms with Gasteiger partial charge in [0.15, 0.2) is 28.2 Å². The molecule has 2 bridgehead atoms. The maximum absolute atomic E-state index is 14.2. The van der Waals surface area contributed by atoms with Gasteiger partial charge in [-0.1, -0.05) is 12.2 Å². The van der Waals surface area contributed by atoms with Gasteiger partial charge in [-0.2, -0.15) is 8.42 Å². The third-order valence-electron chi connectivity index (χ3n) is 5.24. The van der Waals surface area contributed by atoms with Crippen LogP contribution in [0.4, 0.5) is 17.6 Å². The van der Waals surface area contributed by atoms with Crippen LogP contribution >= 0.6 is 11.8 Å². The van der Waals surface area contributed by atoms with E-state index in [0.29, 0.717) is 18.2 Å². The smallest absolute Gasteiger partial charge is 0.272 e. The fourth-order valence-corrected chi connectivity index (χ4v) is 5.65. The fraction of sp³-hybridized carbons (Fsp3) is 0.375. The number of hydroxylamine groups is 2. The van der Waals surface area contributed by atoms with Crippen LogP contribution in [0.1, 0.15) is 6.42 Å². The van der Waals surface area contributed by atoms with E-state index in [4.69, 9.17) is 0 Å². The van der Waals surface area contributed by atoms with Crippen molar-refractivity contribution in [1.29, 1.82) is 0 Å². The maximum Gasteiger partial charge on any atom is 0.324 e. The normalized spacial score (nSPS) is 28.5. The molecule has 1 aliphatic heterocycles. The number of hydrogen-bond acceptors (Lipinski definition) is 6. The Labute approximate surface area is 160 Å². The van der Waals surface area contributed by atoms with Gasteiger partial charge in [-0.25, -0.2) is 17.6 Å². The Balaban J connectivity index is 1.72. The molecule has 6 nitrogen and oxygen atoms in total. The van der Waals surface area contributed by atoms with E-state index >= 15 is 0 Å². The number of carbonyl (C=O) groups is 2. The van der Waals surface area contributed by atoms with E-state index in [2.05, 4.69) is 4.28 Å². The Morgan fingerprint density at radius 2 is 1.43 bits per heavy atom. The molecule has 4 atom stereocenters. The lowest BCUT2D eigenvalue weighted by molar-refractivity contribution is -0.166. The molecule has 1 saturated heterocycles. The molecule has 4 unspecified atom stereocenters. The maximum atomic E-state index is 14.2. The summed E-state index contributed by atoms with van der Waals surface area (Å²) in [6.45, 7) is 0. The minimum atomic E-state index is -5.56. The molecule has 28 heavy (non-hydrogen) atoms. The molecule has 0 N–H and O–H groups in total. The summed E-state index contributed by atoms with van der Waals surface area (Å²) in [7, 11) is -5.56. The summed E-state index contributed by atoms with van der Waals surface area (Å²) in [5.74, 6) is -12.4. The molecule has 1 aromatic rings. The summed E-state index contributed by atoms with van der Waals surface area (Å²) in [5, 5.41) is -0.0754. The van der Waals surface area contributed by atoms with Gasteiger partial charge < -0.3 is 0 Å². The fourth-order valence-electron chi connectivity index (χ4n) is 4.07. The lowest BCUT2D eigenvalue weighted by Gasteiger charge is -2.17. The zero-order valence-electron chi connectivity index (χ0n) is 14.0. The van der Waals surface area contributed by atoms with Crippen LogP contribution in [0.15, 0.2) is 21.9 Å². The van der Waals surface area contributed by atoms with Gasteiger partial charge in [0.2, 0.25) is 0 Å². The van der Waals surface area contributed by atoms with Crippen LogP contribution in [-0.4, -0.2) is 31.6 Å². The average Bonchev–Trinajstić information content (AvgIpc) is 3.30. The monoisotopic (exact) mass is 437 g/mol. The van der Waals surface area contributed by atoms with Crippen LogP contribution in [0.25, 0.3) is 0 Å². The zero-order chi connectivity index (χ0) is 20.5. The molecule has 1 saturated carbocycles. The minimum absolute atomic E-state index is 0.0754. The zero-order valence-corrected chi connectivity index (χ0v) is 15.6. The van der Waals surface area contributed by atoms with Crippen molar-refractivity contribution in [3.8, 4) is 0 Å². The first-order chi connectivity index (χ1) is 13.1. The number of halogens is 4. The number of allylic oxidation sites excluding steroid dienone is 2. The third-order valence-corrected chi connectivity index (χ3v) is 7.21. The van der Waals surface area contributed by atoms with Gasteiger partial charge in [0, 0.05) is 0 Å². The highest BCUT2D eigenvalue weighted by Crippen LogP contribution is 2.52. The third kappa shape index (κ3) is 2.47. The number of amides is 2. The average molecular weight is 437 g/mol. The van der Waals surface area contributed by atoms with E-state index in [1.165, 1.54) is 0 Å². The standard InChI is InChI=1S/C16H11F4NO5S2/c1-27-13-9(17)11(19)14(12(20)10(13)18)28(24,25)26-21-15(22)7-5-2-3-6(4-5)8(7)16(21)23/h2-3,5-8H,4H2,1H3. The van der Waals surface area contributed by atoms with Gasteiger partial charge in [-0.3, -0.25) is 9.59 Å². The van der Waals surface area contributed by atoms with Crippen molar-refractivity contribution >= 4 is 33.7 Å². The van der Waals surface area contributed by atoms with E-state index < -0.39 is 66.8 Å². The highest BCUT2D eigenvalue weighted by Gasteiger charge is 2.61. The summed E-state index contributed by atoms with van der Waals surface area (Å²) >= 11 is 0.331. The predicted molar refractivity (Wildman–Crippen MR) is 85.9 cm³/mol. The van der Waals surface area contributed by atoms with Crippen molar-refractivity contribution in [2.45, 2.75) is 16.2 Å². The lowest BCUT2D eigenvalue weighted by atomic mass is 9.85. The summed E-state index contributed by atoms with van der Waals surface area (Å²) in [4.78, 5) is 21.8. The number of nitrogens with zero attached hydrogens (tertiary/aromatic N) is 1. The van der Waals surface area contributed by atoms with E-state index in [1.54, 1.807) is 12.2 Å². The van der Waals surface area contributed by atoms with Gasteiger partial charge >= 0.3 is 10.1 Å². The topological polar surface area (TPSA) is 80.8 Å². The van der Waals surface area contributed by atoms with Crippen molar-refractivity contribution < 1.29 is 39.9 Å². The number of imide groups is 1. The van der Waals surface area contributed by atoms with Crippen LogP contribution in [0.5, 0.6) is 0 Å². The second-order valence-electron chi connectivity index (χ2n) is 6.62. The number of thioether (sulfide) groups is 1. The van der Waals surface area contributed by atoms with Crippen molar-refractivity contribution in [3.63, 3.8) is 0 Å². The van der Waals surface area contributed by atoms with Crippen LogP contribution < -0.4 is 0 Å². The number of carbonyl (C=O) groups excluding carboxylic acids is 2. The van der Waals surface area contributed by atoms with Crippen molar-refractivity contribution in [1.82, 2.24) is 5.06 Å². The minimum Gasteiger partial charge on any atom is -0.272 e. The molecular weight excluding hydrogens is 426 g/mol. The first-order valence-electron chi connectivity index (χ1n) is 8.00. The van der Waals surface area contributed by atoms with Crippen LogP contribution in [-0.2, 0) is 24.0 Å². The van der Waals surface area contributed by atoms with Crippen LogP contribution in [0, 0.1) is 46.9 Å². The lowest BCUT2D eigenvalue weighted by Crippen LogP contribution is -2.36. The molecule has 2 aliphatic carbocycles. The summed E-state index contributed by atoms with van der Waals surface area (Å²) in [6.07, 6.45) is 5.16. The molecule has 3 aliphatic rings. The number of hydrogen-bond donors (Lipinski definition) is 0. The quantitative estimate of drug-likeness (QED) is 0.237. The SMILES string of the molecule is CSc1c(F)c(F)c(S(=O)(=O)ON2C(=O)C3C4C=CC(C4)C3C2=O)c(F)c1F. The molecule has 0 spiro atoms.